The number of carbonyl (C=O) groups excluding carboxylic acids is 2. The summed E-state index contributed by atoms with van der Waals surface area (Å²) in [6.45, 7) is 0.359. The highest BCUT2D eigenvalue weighted by Crippen LogP contribution is 2.45. The van der Waals surface area contributed by atoms with Crippen LogP contribution in [0.3, 0.4) is 0 Å². The molecule has 3 N–H and O–H groups in total. The number of ether oxygens (including phenoxy) is 1. The fraction of sp³-hybridized carbons (Fsp3) is 0.261. The summed E-state index contributed by atoms with van der Waals surface area (Å²) < 4.78 is 22.1. The predicted octanol–water partition coefficient (Wildman–Crippen LogP) is 4.00. The van der Waals surface area contributed by atoms with E-state index in [0.717, 1.165) is 5.56 Å². The molecule has 5 rings (SSSR count). The highest BCUT2D eigenvalue weighted by Gasteiger charge is 2.48. The lowest BCUT2D eigenvalue weighted by Gasteiger charge is -2.45. The summed E-state index contributed by atoms with van der Waals surface area (Å²) in [4.78, 5) is 26.9. The van der Waals surface area contributed by atoms with Gasteiger partial charge in [0, 0.05) is 18.2 Å². The number of rotatable bonds is 3. The second kappa shape index (κ2) is 8.08. The zero-order chi connectivity index (χ0) is 23.2. The van der Waals surface area contributed by atoms with E-state index in [-0.39, 0.29) is 29.6 Å². The van der Waals surface area contributed by atoms with Gasteiger partial charge in [0.1, 0.15) is 12.4 Å². The number of halogens is 2. The molecule has 1 atom stereocenters. The Morgan fingerprint density at radius 2 is 2.06 bits per heavy atom. The third kappa shape index (κ3) is 3.78. The molecule has 2 aliphatic heterocycles. The van der Waals surface area contributed by atoms with Crippen molar-refractivity contribution in [3.63, 3.8) is 0 Å². The van der Waals surface area contributed by atoms with Crippen molar-refractivity contribution in [2.24, 2.45) is 0 Å². The van der Waals surface area contributed by atoms with E-state index >= 15 is 4.39 Å². The molecule has 8 nitrogen and oxygen atoms in total. The van der Waals surface area contributed by atoms with Crippen LogP contribution in [0.1, 0.15) is 18.4 Å². The number of nitrogens with one attached hydrogen (secondary N) is 1. The molecule has 3 heterocycles. The van der Waals surface area contributed by atoms with E-state index in [2.05, 4.69) is 10.4 Å². The lowest BCUT2D eigenvalue weighted by Crippen LogP contribution is -2.54. The van der Waals surface area contributed by atoms with Gasteiger partial charge in [-0.15, -0.1) is 0 Å². The number of fused-ring (bicyclic) bond motifs is 2. The molecule has 1 spiro atoms. The number of hydrogen-bond acceptors (Lipinski definition) is 5. The molecule has 0 bridgehead atoms. The summed E-state index contributed by atoms with van der Waals surface area (Å²) in [5, 5.41) is 6.90. The summed E-state index contributed by atoms with van der Waals surface area (Å²) in [6, 6.07) is 14.1. The van der Waals surface area contributed by atoms with Gasteiger partial charge in [0.2, 0.25) is 5.91 Å². The van der Waals surface area contributed by atoms with Gasteiger partial charge < -0.3 is 15.4 Å². The average Bonchev–Trinajstić information content (AvgIpc) is 3.17. The fourth-order valence-corrected chi connectivity index (χ4v) is 4.68. The van der Waals surface area contributed by atoms with Crippen molar-refractivity contribution in [1.29, 1.82) is 0 Å². The highest BCUT2D eigenvalue weighted by atomic mass is 35.5. The van der Waals surface area contributed by atoms with Crippen LogP contribution in [-0.2, 0) is 21.7 Å². The Balaban J connectivity index is 1.40. The second-order valence-corrected chi connectivity index (χ2v) is 8.60. The Morgan fingerprint density at radius 3 is 2.85 bits per heavy atom. The van der Waals surface area contributed by atoms with Crippen molar-refractivity contribution >= 4 is 35.1 Å². The summed E-state index contributed by atoms with van der Waals surface area (Å²) in [5.74, 6) is -0.570. The molecule has 3 aromatic rings. The molecule has 10 heteroatoms. The molecule has 1 aromatic heterocycles. The minimum Gasteiger partial charge on any atom is -0.436 e. The zero-order valence-corrected chi connectivity index (χ0v) is 18.3. The minimum absolute atomic E-state index is 0.0102. The summed E-state index contributed by atoms with van der Waals surface area (Å²) in [7, 11) is 0. The normalized spacial score (nSPS) is 19.7. The van der Waals surface area contributed by atoms with Crippen LogP contribution >= 0.6 is 11.6 Å². The first-order chi connectivity index (χ1) is 15.9. The number of nitrogens with zero attached hydrogens (tertiary/aromatic N) is 3. The number of aromatic nitrogens is 2. The van der Waals surface area contributed by atoms with Crippen molar-refractivity contribution in [3.05, 3.63) is 64.9 Å². The van der Waals surface area contributed by atoms with Crippen molar-refractivity contribution in [2.75, 3.05) is 24.1 Å². The first-order valence-electron chi connectivity index (χ1n) is 10.5. The monoisotopic (exact) mass is 469 g/mol. The summed E-state index contributed by atoms with van der Waals surface area (Å²) >= 11 is 6.01. The van der Waals surface area contributed by atoms with E-state index in [0.29, 0.717) is 36.6 Å². The Bertz CT molecular complexity index is 1250. The Morgan fingerprint density at radius 1 is 1.27 bits per heavy atom. The Labute approximate surface area is 194 Å². The van der Waals surface area contributed by atoms with Gasteiger partial charge in [-0.25, -0.2) is 13.9 Å². The van der Waals surface area contributed by atoms with E-state index in [4.69, 9.17) is 22.1 Å². The number of amides is 2. The Hall–Kier alpha value is -3.59. The van der Waals surface area contributed by atoms with Gasteiger partial charge >= 0.3 is 6.09 Å². The molecule has 0 radical (unpaired) electrons. The smallest absolute Gasteiger partial charge is 0.412 e. The maximum absolute atomic E-state index is 15.0. The summed E-state index contributed by atoms with van der Waals surface area (Å²) in [6.07, 6.45) is 0.201. The van der Waals surface area contributed by atoms with Crippen LogP contribution in [0.25, 0.3) is 11.3 Å². The number of piperidine rings is 1. The Kier molecular flexibility index (Phi) is 5.20. The molecule has 0 unspecified atom stereocenters. The fourth-order valence-electron chi connectivity index (χ4n) is 4.52. The van der Waals surface area contributed by atoms with E-state index in [9.17, 15) is 9.59 Å². The molecular formula is C23H21ClFN5O3. The predicted molar refractivity (Wildman–Crippen MR) is 121 cm³/mol. The third-order valence-corrected chi connectivity index (χ3v) is 6.34. The van der Waals surface area contributed by atoms with Crippen LogP contribution in [0.2, 0.25) is 5.02 Å². The van der Waals surface area contributed by atoms with E-state index in [1.165, 1.54) is 10.7 Å². The van der Waals surface area contributed by atoms with Crippen LogP contribution in [0, 0.1) is 5.82 Å². The maximum Gasteiger partial charge on any atom is 0.412 e. The largest absolute Gasteiger partial charge is 0.436 e. The number of benzene rings is 2. The van der Waals surface area contributed by atoms with Crippen LogP contribution in [0.5, 0.6) is 0 Å². The SMILES string of the molecule is Nc1cc(-c2ccccc2)nn1CC(=O)N1CCC[C@@]2(C1)OC(=O)Nc1ccc(Cl)c(F)c12. The van der Waals surface area contributed by atoms with E-state index in [1.807, 2.05) is 30.3 Å². The lowest BCUT2D eigenvalue weighted by molar-refractivity contribution is -0.140. The van der Waals surface area contributed by atoms with Gasteiger partial charge in [0.15, 0.2) is 11.4 Å². The van der Waals surface area contributed by atoms with Crippen LogP contribution < -0.4 is 11.1 Å². The molecule has 2 aromatic carbocycles. The molecule has 2 amide bonds. The zero-order valence-electron chi connectivity index (χ0n) is 17.6. The van der Waals surface area contributed by atoms with Gasteiger partial charge in [0.05, 0.1) is 28.5 Å². The van der Waals surface area contributed by atoms with Gasteiger partial charge in [-0.3, -0.25) is 10.1 Å². The van der Waals surface area contributed by atoms with E-state index < -0.39 is 17.5 Å². The molecule has 2 aliphatic rings. The minimum atomic E-state index is -1.31. The molecule has 0 saturated carbocycles. The van der Waals surface area contributed by atoms with Crippen LogP contribution in [-0.4, -0.2) is 39.8 Å². The number of anilines is 2. The lowest BCUT2D eigenvalue weighted by atomic mass is 9.83. The van der Waals surface area contributed by atoms with Crippen molar-refractivity contribution in [1.82, 2.24) is 14.7 Å². The van der Waals surface area contributed by atoms with E-state index in [1.54, 1.807) is 17.0 Å². The molecule has 0 aliphatic carbocycles. The van der Waals surface area contributed by atoms with Gasteiger partial charge in [-0.05, 0) is 25.0 Å². The average molecular weight is 470 g/mol. The number of likely N-dealkylation sites (tertiary alicyclic amines) is 1. The molecular weight excluding hydrogens is 449 g/mol. The van der Waals surface area contributed by atoms with Crippen LogP contribution in [0.15, 0.2) is 48.5 Å². The third-order valence-electron chi connectivity index (χ3n) is 6.05. The number of nitrogen functional groups attached to an aromatic ring is 1. The van der Waals surface area contributed by atoms with Crippen molar-refractivity contribution in [2.45, 2.75) is 25.0 Å². The van der Waals surface area contributed by atoms with Crippen molar-refractivity contribution < 1.29 is 18.7 Å². The van der Waals surface area contributed by atoms with Crippen molar-refractivity contribution in [3.8, 4) is 11.3 Å². The number of hydrogen-bond donors (Lipinski definition) is 2. The number of carbonyl (C=O) groups is 2. The number of nitrogens with two attached hydrogens (primary N) is 1. The maximum atomic E-state index is 15.0. The topological polar surface area (TPSA) is 102 Å². The molecule has 33 heavy (non-hydrogen) atoms. The first kappa shape index (κ1) is 21.3. The second-order valence-electron chi connectivity index (χ2n) is 8.19. The summed E-state index contributed by atoms with van der Waals surface area (Å²) in [5.41, 5.74) is 6.79. The first-order valence-corrected chi connectivity index (χ1v) is 10.9. The van der Waals surface area contributed by atoms with Gasteiger partial charge in [-0.2, -0.15) is 5.10 Å². The van der Waals surface area contributed by atoms with Gasteiger partial charge in [-0.1, -0.05) is 41.9 Å². The standard InChI is InChI=1S/C23H21ClFN5O3/c24-15-7-8-16-20(21(15)25)23(33-22(32)27-16)9-4-10-29(13-23)19(31)12-30-18(26)11-17(28-30)14-5-2-1-3-6-14/h1-3,5-8,11H,4,9-10,12-13,26H2,(H,27,32)/t23-/m0/s1. The molecule has 1 fully saturated rings. The highest BCUT2D eigenvalue weighted by molar-refractivity contribution is 6.31. The quantitative estimate of drug-likeness (QED) is 0.603. The van der Waals surface area contributed by atoms with Crippen LogP contribution in [0.4, 0.5) is 20.7 Å². The van der Waals surface area contributed by atoms with Gasteiger partial charge in [0.25, 0.3) is 0 Å². The molecule has 1 saturated heterocycles. The molecule has 170 valence electrons.